The fourth-order valence-corrected chi connectivity index (χ4v) is 2.11. The minimum absolute atomic E-state index is 0. The summed E-state index contributed by atoms with van der Waals surface area (Å²) < 4.78 is 34.2. The van der Waals surface area contributed by atoms with Crippen LogP contribution in [0.2, 0.25) is 0 Å². The molecule has 0 unspecified atom stereocenters. The van der Waals surface area contributed by atoms with Gasteiger partial charge in [-0.2, -0.15) is 8.78 Å². The van der Waals surface area contributed by atoms with Crippen LogP contribution in [0.4, 0.5) is 13.6 Å². The highest BCUT2D eigenvalue weighted by molar-refractivity contribution is 5.85. The lowest BCUT2D eigenvalue weighted by molar-refractivity contribution is -0.0517. The van der Waals surface area contributed by atoms with Crippen LogP contribution in [0, 0.1) is 5.41 Å². The van der Waals surface area contributed by atoms with Crippen LogP contribution in [0.25, 0.3) is 0 Å². The van der Waals surface area contributed by atoms with Crippen LogP contribution in [0.5, 0.6) is 5.75 Å². The third-order valence-electron chi connectivity index (χ3n) is 3.07. The minimum Gasteiger partial charge on any atom is -0.449 e. The number of ether oxygens (including phenoxy) is 2. The summed E-state index contributed by atoms with van der Waals surface area (Å²) in [6, 6.07) is 6.00. The number of alkyl halides is 2. The predicted octanol–water partition coefficient (Wildman–Crippen LogP) is 3.52. The highest BCUT2D eigenvalue weighted by Crippen LogP contribution is 2.40. The number of halogens is 3. The highest BCUT2D eigenvalue weighted by atomic mass is 35.5. The molecule has 7 heteroatoms. The lowest BCUT2D eigenvalue weighted by Gasteiger charge is -2.39. The zero-order valence-corrected chi connectivity index (χ0v) is 11.9. The number of amides is 1. The van der Waals surface area contributed by atoms with E-state index in [9.17, 15) is 13.6 Å². The number of alkyl carbamates (subject to hydrolysis) is 1. The molecule has 0 radical (unpaired) electrons. The molecule has 0 saturated carbocycles. The quantitative estimate of drug-likeness (QED) is 0.929. The van der Waals surface area contributed by atoms with E-state index in [1.807, 2.05) is 13.8 Å². The first-order valence-corrected chi connectivity index (χ1v) is 5.87. The maximum absolute atomic E-state index is 12.4. The monoisotopic (exact) mass is 307 g/mol. The van der Waals surface area contributed by atoms with E-state index >= 15 is 0 Å². The summed E-state index contributed by atoms with van der Waals surface area (Å²) >= 11 is 0. The molecule has 1 aromatic rings. The Hall–Kier alpha value is -1.56. The van der Waals surface area contributed by atoms with E-state index in [2.05, 4.69) is 10.1 Å². The summed E-state index contributed by atoms with van der Waals surface area (Å²) in [7, 11) is 0. The van der Waals surface area contributed by atoms with E-state index in [0.29, 0.717) is 5.56 Å². The van der Waals surface area contributed by atoms with Crippen LogP contribution < -0.4 is 10.1 Å². The molecule has 1 aliphatic heterocycles. The van der Waals surface area contributed by atoms with Crippen molar-refractivity contribution in [3.8, 4) is 5.75 Å². The molecule has 0 spiro atoms. The molecule has 1 fully saturated rings. The number of carbonyl (C=O) groups is 1. The van der Waals surface area contributed by atoms with Gasteiger partial charge in [-0.15, -0.1) is 12.4 Å². The van der Waals surface area contributed by atoms with Crippen LogP contribution in [0.15, 0.2) is 24.3 Å². The van der Waals surface area contributed by atoms with E-state index in [0.717, 1.165) is 0 Å². The Morgan fingerprint density at radius 1 is 1.40 bits per heavy atom. The van der Waals surface area contributed by atoms with E-state index < -0.39 is 24.2 Å². The topological polar surface area (TPSA) is 47.6 Å². The first-order chi connectivity index (χ1) is 8.90. The van der Waals surface area contributed by atoms with Gasteiger partial charge in [0.05, 0.1) is 6.04 Å². The number of rotatable bonds is 3. The molecule has 1 saturated heterocycles. The fourth-order valence-electron chi connectivity index (χ4n) is 2.11. The van der Waals surface area contributed by atoms with Crippen molar-refractivity contribution in [1.29, 1.82) is 0 Å². The zero-order valence-electron chi connectivity index (χ0n) is 11.1. The molecule has 1 amide bonds. The predicted molar refractivity (Wildman–Crippen MR) is 71.3 cm³/mol. The van der Waals surface area contributed by atoms with Gasteiger partial charge in [-0.1, -0.05) is 32.0 Å². The van der Waals surface area contributed by atoms with Crippen molar-refractivity contribution in [2.45, 2.75) is 26.5 Å². The molecule has 1 N–H and O–H groups in total. The molecule has 1 heterocycles. The SMILES string of the molecule is CC1(C)COC(=O)N[C@H]1c1ccccc1OC(F)F.Cl. The molecule has 0 bridgehead atoms. The van der Waals surface area contributed by atoms with Gasteiger partial charge in [0.25, 0.3) is 0 Å². The largest absolute Gasteiger partial charge is 0.449 e. The summed E-state index contributed by atoms with van der Waals surface area (Å²) in [5.41, 5.74) is 0.0969. The van der Waals surface area contributed by atoms with E-state index in [1.165, 1.54) is 6.07 Å². The molecular weight excluding hydrogens is 292 g/mol. The van der Waals surface area contributed by atoms with Gasteiger partial charge in [0, 0.05) is 11.0 Å². The third-order valence-corrected chi connectivity index (χ3v) is 3.07. The molecule has 112 valence electrons. The highest BCUT2D eigenvalue weighted by Gasteiger charge is 2.39. The van der Waals surface area contributed by atoms with Crippen molar-refractivity contribution in [3.05, 3.63) is 29.8 Å². The second-order valence-corrected chi connectivity index (χ2v) is 5.06. The average Bonchev–Trinajstić information content (AvgIpc) is 2.33. The summed E-state index contributed by atoms with van der Waals surface area (Å²) in [6.45, 7) is 1.08. The van der Waals surface area contributed by atoms with Gasteiger partial charge in [-0.05, 0) is 6.07 Å². The number of para-hydroxylation sites is 1. The Bertz CT molecular complexity index is 482. The van der Waals surface area contributed by atoms with Crippen molar-refractivity contribution in [2.75, 3.05) is 6.61 Å². The zero-order chi connectivity index (χ0) is 14.0. The van der Waals surface area contributed by atoms with Crippen molar-refractivity contribution in [1.82, 2.24) is 5.32 Å². The molecule has 2 rings (SSSR count). The average molecular weight is 308 g/mol. The molecule has 0 aliphatic carbocycles. The van der Waals surface area contributed by atoms with Gasteiger partial charge < -0.3 is 14.8 Å². The van der Waals surface area contributed by atoms with Crippen LogP contribution in [0.3, 0.4) is 0 Å². The van der Waals surface area contributed by atoms with Crippen LogP contribution in [-0.4, -0.2) is 19.3 Å². The van der Waals surface area contributed by atoms with Gasteiger partial charge in [0.1, 0.15) is 12.4 Å². The van der Waals surface area contributed by atoms with Gasteiger partial charge in [0.15, 0.2) is 0 Å². The first kappa shape index (κ1) is 16.5. The summed E-state index contributed by atoms with van der Waals surface area (Å²) in [5.74, 6) is 0.0674. The number of carbonyl (C=O) groups excluding carboxylic acids is 1. The van der Waals surface area contributed by atoms with Gasteiger partial charge >= 0.3 is 12.7 Å². The number of nitrogens with one attached hydrogen (secondary N) is 1. The Morgan fingerprint density at radius 3 is 2.70 bits per heavy atom. The summed E-state index contributed by atoms with van der Waals surface area (Å²) in [5, 5.41) is 2.65. The van der Waals surface area contributed by atoms with Crippen LogP contribution in [-0.2, 0) is 4.74 Å². The molecule has 1 atom stereocenters. The fraction of sp³-hybridized carbons (Fsp3) is 0.462. The Morgan fingerprint density at radius 2 is 2.05 bits per heavy atom. The Balaban J connectivity index is 0.00000200. The van der Waals surface area contributed by atoms with E-state index in [4.69, 9.17) is 4.74 Å². The smallest absolute Gasteiger partial charge is 0.407 e. The third kappa shape index (κ3) is 3.50. The first-order valence-electron chi connectivity index (χ1n) is 5.87. The number of hydrogen-bond acceptors (Lipinski definition) is 3. The maximum Gasteiger partial charge on any atom is 0.407 e. The standard InChI is InChI=1S/C13H15F2NO3.ClH/c1-13(2)7-18-12(17)16-10(13)8-5-3-4-6-9(8)19-11(14)15;/h3-6,10-11H,7H2,1-2H3,(H,16,17);1H/t10-;/m0./s1. The molecule has 0 aromatic heterocycles. The Kier molecular flexibility index (Phi) is 5.16. The Labute approximate surface area is 121 Å². The van der Waals surface area contributed by atoms with Gasteiger partial charge in [0.2, 0.25) is 0 Å². The van der Waals surface area contributed by atoms with Gasteiger partial charge in [-0.3, -0.25) is 0 Å². The van der Waals surface area contributed by atoms with E-state index in [1.54, 1.807) is 18.2 Å². The molecule has 1 aliphatic rings. The van der Waals surface area contributed by atoms with Crippen LogP contribution in [0.1, 0.15) is 25.5 Å². The summed E-state index contributed by atoms with van der Waals surface area (Å²) in [6.07, 6.45) is -0.559. The van der Waals surface area contributed by atoms with Crippen molar-refractivity contribution < 1.29 is 23.0 Å². The van der Waals surface area contributed by atoms with Crippen LogP contribution >= 0.6 is 12.4 Å². The normalized spacial score (nSPS) is 20.6. The second-order valence-electron chi connectivity index (χ2n) is 5.06. The van der Waals surface area contributed by atoms with Crippen molar-refractivity contribution in [3.63, 3.8) is 0 Å². The lowest BCUT2D eigenvalue weighted by atomic mass is 9.80. The minimum atomic E-state index is -2.90. The van der Waals surface area contributed by atoms with Gasteiger partial charge in [-0.25, -0.2) is 4.79 Å². The molecule has 4 nitrogen and oxygen atoms in total. The molecular formula is C13H16ClF2NO3. The van der Waals surface area contributed by atoms with E-state index in [-0.39, 0.29) is 24.8 Å². The summed E-state index contributed by atoms with van der Waals surface area (Å²) in [4.78, 5) is 11.3. The molecule has 1 aromatic carbocycles. The molecule has 20 heavy (non-hydrogen) atoms. The second kappa shape index (κ2) is 6.26. The van der Waals surface area contributed by atoms with Crippen molar-refractivity contribution >= 4 is 18.5 Å². The lowest BCUT2D eigenvalue weighted by Crippen LogP contribution is -2.47. The van der Waals surface area contributed by atoms with Crippen molar-refractivity contribution in [2.24, 2.45) is 5.41 Å². The number of hydrogen-bond donors (Lipinski definition) is 1. The number of cyclic esters (lactones) is 1. The maximum atomic E-state index is 12.4. The number of benzene rings is 1.